The predicted molar refractivity (Wildman–Crippen MR) is 92.2 cm³/mol. The molecule has 0 aliphatic rings. The minimum Gasteiger partial charge on any atom is -0.379 e. The van der Waals surface area contributed by atoms with Gasteiger partial charge in [-0.3, -0.25) is 0 Å². The average molecular weight is 375 g/mol. The fourth-order valence-electron chi connectivity index (χ4n) is 1.89. The van der Waals surface area contributed by atoms with E-state index < -0.39 is 0 Å². The lowest BCUT2D eigenvalue weighted by molar-refractivity contribution is 0.846. The van der Waals surface area contributed by atoms with Gasteiger partial charge in [-0.05, 0) is 48.0 Å². The second-order valence-corrected chi connectivity index (χ2v) is 6.86. The number of pyridine rings is 1. The highest BCUT2D eigenvalue weighted by molar-refractivity contribution is 9.10. The minimum absolute atomic E-state index is 0.752. The zero-order valence-electron chi connectivity index (χ0n) is 11.5. The molecule has 2 rings (SSSR count). The van der Waals surface area contributed by atoms with E-state index in [1.54, 1.807) is 11.3 Å². The van der Waals surface area contributed by atoms with Crippen LogP contribution in [0.4, 0.5) is 11.5 Å². The molecule has 0 radical (unpaired) electrons. The number of nitrogens with zero attached hydrogens (tertiary/aromatic N) is 2. The van der Waals surface area contributed by atoms with Crippen LogP contribution in [-0.4, -0.2) is 18.1 Å². The van der Waals surface area contributed by atoms with Crippen molar-refractivity contribution in [2.24, 2.45) is 0 Å². The van der Waals surface area contributed by atoms with Crippen molar-refractivity contribution in [3.63, 3.8) is 0 Å². The topological polar surface area (TPSA) is 28.2 Å². The maximum Gasteiger partial charge on any atom is 0.128 e. The largest absolute Gasteiger partial charge is 0.379 e. The molecule has 0 amide bonds. The molecule has 6 heteroatoms. The van der Waals surface area contributed by atoms with Crippen LogP contribution in [0, 0.1) is 0 Å². The van der Waals surface area contributed by atoms with Crippen molar-refractivity contribution in [3.05, 3.63) is 38.1 Å². The third-order valence-electron chi connectivity index (χ3n) is 3.00. The van der Waals surface area contributed by atoms with Crippen LogP contribution in [0.25, 0.3) is 0 Å². The van der Waals surface area contributed by atoms with Crippen molar-refractivity contribution in [3.8, 4) is 0 Å². The van der Waals surface area contributed by atoms with Crippen molar-refractivity contribution in [1.29, 1.82) is 0 Å². The molecular formula is C14H17BrClN3S. The van der Waals surface area contributed by atoms with E-state index in [1.807, 2.05) is 18.3 Å². The van der Waals surface area contributed by atoms with Crippen molar-refractivity contribution in [1.82, 2.24) is 4.98 Å². The Kier molecular flexibility index (Phi) is 5.69. The fraction of sp³-hybridized carbons (Fsp3) is 0.357. The van der Waals surface area contributed by atoms with Gasteiger partial charge in [0.15, 0.2) is 0 Å². The van der Waals surface area contributed by atoms with E-state index in [0.717, 1.165) is 39.9 Å². The number of hydrogen-bond acceptors (Lipinski definition) is 4. The molecule has 0 aromatic carbocycles. The van der Waals surface area contributed by atoms with Crippen LogP contribution < -0.4 is 10.2 Å². The minimum atomic E-state index is 0.752. The molecule has 108 valence electrons. The summed E-state index contributed by atoms with van der Waals surface area (Å²) in [6.45, 7) is 6.96. The summed E-state index contributed by atoms with van der Waals surface area (Å²) >= 11 is 11.0. The molecule has 2 aromatic heterocycles. The summed E-state index contributed by atoms with van der Waals surface area (Å²) in [6.07, 6.45) is 1.87. The van der Waals surface area contributed by atoms with Gasteiger partial charge >= 0.3 is 0 Å². The number of rotatable bonds is 6. The maximum absolute atomic E-state index is 6.02. The van der Waals surface area contributed by atoms with Gasteiger partial charge in [0.25, 0.3) is 0 Å². The summed E-state index contributed by atoms with van der Waals surface area (Å²) in [5.74, 6) is 1.02. The molecule has 2 aromatic rings. The number of nitrogens with one attached hydrogen (secondary N) is 1. The molecule has 3 nitrogen and oxygen atoms in total. The monoisotopic (exact) mass is 373 g/mol. The molecule has 0 bridgehead atoms. The Morgan fingerprint density at radius 2 is 2.10 bits per heavy atom. The zero-order chi connectivity index (χ0) is 14.5. The van der Waals surface area contributed by atoms with E-state index in [1.165, 1.54) is 4.88 Å². The molecule has 20 heavy (non-hydrogen) atoms. The lowest BCUT2D eigenvalue weighted by Gasteiger charge is -2.19. The second kappa shape index (κ2) is 7.29. The Bertz CT molecular complexity index is 533. The van der Waals surface area contributed by atoms with Crippen molar-refractivity contribution >= 4 is 50.4 Å². The smallest absolute Gasteiger partial charge is 0.128 e. The first-order valence-corrected chi connectivity index (χ1v) is 8.51. The Labute approximate surface area is 137 Å². The quantitative estimate of drug-likeness (QED) is 0.769. The average Bonchev–Trinajstić information content (AvgIpc) is 2.78. The number of thiophene rings is 1. The molecule has 0 saturated heterocycles. The molecule has 2 heterocycles. The lowest BCUT2D eigenvalue weighted by atomic mass is 10.3. The third-order valence-corrected chi connectivity index (χ3v) is 5.47. The molecule has 0 aliphatic heterocycles. The Morgan fingerprint density at radius 1 is 1.35 bits per heavy atom. The Morgan fingerprint density at radius 3 is 2.60 bits per heavy atom. The van der Waals surface area contributed by atoms with E-state index in [9.17, 15) is 0 Å². The Hall–Kier alpha value is -0.780. The van der Waals surface area contributed by atoms with Crippen molar-refractivity contribution in [2.75, 3.05) is 23.3 Å². The Balaban J connectivity index is 1.97. The first-order valence-electron chi connectivity index (χ1n) is 6.52. The highest BCUT2D eigenvalue weighted by Gasteiger charge is 2.05. The van der Waals surface area contributed by atoms with E-state index in [0.29, 0.717) is 0 Å². The number of halogens is 2. The van der Waals surface area contributed by atoms with E-state index >= 15 is 0 Å². The standard InChI is InChI=1S/C14H17BrClN3S/c1-3-19(4-2)13-6-5-10(8-18-13)17-9-11-7-12(15)14(16)20-11/h5-8,17H,3-4,9H2,1-2H3. The summed E-state index contributed by atoms with van der Waals surface area (Å²) in [6, 6.07) is 6.15. The molecule has 0 unspecified atom stereocenters. The van der Waals surface area contributed by atoms with Crippen molar-refractivity contribution in [2.45, 2.75) is 20.4 Å². The van der Waals surface area contributed by atoms with Crippen LogP contribution >= 0.6 is 38.9 Å². The maximum atomic E-state index is 6.02. The summed E-state index contributed by atoms with van der Waals surface area (Å²) in [5.41, 5.74) is 1.02. The van der Waals surface area contributed by atoms with Gasteiger partial charge in [-0.15, -0.1) is 11.3 Å². The molecule has 0 atom stereocenters. The van der Waals surface area contributed by atoms with E-state index in [4.69, 9.17) is 11.6 Å². The zero-order valence-corrected chi connectivity index (χ0v) is 14.6. The summed E-state index contributed by atoms with van der Waals surface area (Å²) < 4.78 is 1.74. The lowest BCUT2D eigenvalue weighted by Crippen LogP contribution is -2.22. The van der Waals surface area contributed by atoms with Crippen LogP contribution in [0.2, 0.25) is 4.34 Å². The van der Waals surface area contributed by atoms with Gasteiger partial charge in [-0.2, -0.15) is 0 Å². The van der Waals surface area contributed by atoms with E-state index in [-0.39, 0.29) is 0 Å². The molecule has 0 fully saturated rings. The van der Waals surface area contributed by atoms with Gasteiger partial charge < -0.3 is 10.2 Å². The first kappa shape index (κ1) is 15.6. The third kappa shape index (κ3) is 3.87. The van der Waals surface area contributed by atoms with Gasteiger partial charge in [0.1, 0.15) is 10.2 Å². The molecule has 0 aliphatic carbocycles. The van der Waals surface area contributed by atoms with Crippen LogP contribution in [0.3, 0.4) is 0 Å². The first-order chi connectivity index (χ1) is 9.63. The molecule has 0 saturated carbocycles. The molecule has 0 spiro atoms. The number of aromatic nitrogens is 1. The molecular weight excluding hydrogens is 358 g/mol. The summed E-state index contributed by atoms with van der Waals surface area (Å²) in [4.78, 5) is 7.90. The van der Waals surface area contributed by atoms with E-state index in [2.05, 4.69) is 51.0 Å². The number of anilines is 2. The van der Waals surface area contributed by atoms with Crippen LogP contribution in [0.15, 0.2) is 28.9 Å². The highest BCUT2D eigenvalue weighted by atomic mass is 79.9. The summed E-state index contributed by atoms with van der Waals surface area (Å²) in [7, 11) is 0. The van der Waals surface area contributed by atoms with Gasteiger partial charge in [-0.1, -0.05) is 11.6 Å². The van der Waals surface area contributed by atoms with Crippen LogP contribution in [0.5, 0.6) is 0 Å². The summed E-state index contributed by atoms with van der Waals surface area (Å²) in [5, 5.41) is 3.35. The number of hydrogen-bond donors (Lipinski definition) is 1. The van der Waals surface area contributed by atoms with Gasteiger partial charge in [0.05, 0.1) is 11.9 Å². The fourth-order valence-corrected chi connectivity index (χ4v) is 3.62. The van der Waals surface area contributed by atoms with Crippen LogP contribution in [0.1, 0.15) is 18.7 Å². The van der Waals surface area contributed by atoms with Gasteiger partial charge in [0, 0.05) is 29.0 Å². The molecule has 1 N–H and O–H groups in total. The highest BCUT2D eigenvalue weighted by Crippen LogP contribution is 2.32. The van der Waals surface area contributed by atoms with Crippen LogP contribution in [-0.2, 0) is 6.54 Å². The second-order valence-electron chi connectivity index (χ2n) is 4.27. The SMILES string of the molecule is CCN(CC)c1ccc(NCc2cc(Br)c(Cl)s2)cn1. The van der Waals surface area contributed by atoms with Crippen molar-refractivity contribution < 1.29 is 0 Å². The normalized spacial score (nSPS) is 10.6. The predicted octanol–water partition coefficient (Wildman–Crippen LogP) is 5.02. The van der Waals surface area contributed by atoms with Gasteiger partial charge in [-0.25, -0.2) is 4.98 Å². The van der Waals surface area contributed by atoms with Gasteiger partial charge in [0.2, 0.25) is 0 Å².